The summed E-state index contributed by atoms with van der Waals surface area (Å²) in [6.07, 6.45) is 3.18. The molecule has 1 saturated heterocycles. The molecular formula is C26H24N2O6. The lowest BCUT2D eigenvalue weighted by atomic mass is 9.95. The predicted octanol–water partition coefficient (Wildman–Crippen LogP) is 3.73. The minimum Gasteiger partial charge on any atom is -0.507 e. The molecule has 2 heterocycles. The third kappa shape index (κ3) is 4.17. The number of hydrogen-bond acceptors (Lipinski definition) is 7. The fourth-order valence-electron chi connectivity index (χ4n) is 4.03. The number of ether oxygens (including phenoxy) is 3. The average molecular weight is 460 g/mol. The molecule has 8 heteroatoms. The Morgan fingerprint density at radius 3 is 2.41 bits per heavy atom. The summed E-state index contributed by atoms with van der Waals surface area (Å²) in [6, 6.07) is 14.7. The van der Waals surface area contributed by atoms with Gasteiger partial charge in [0.05, 0.1) is 38.5 Å². The number of amides is 1. The maximum Gasteiger partial charge on any atom is 0.295 e. The minimum absolute atomic E-state index is 0.0376. The average Bonchev–Trinajstić information content (AvgIpc) is 3.13. The zero-order valence-electron chi connectivity index (χ0n) is 19.0. The summed E-state index contributed by atoms with van der Waals surface area (Å²) < 4.78 is 15.9. The molecule has 1 aliphatic heterocycles. The minimum atomic E-state index is -0.841. The monoisotopic (exact) mass is 460 g/mol. The quantitative estimate of drug-likeness (QED) is 0.326. The van der Waals surface area contributed by atoms with Gasteiger partial charge in [-0.05, 0) is 41.5 Å². The van der Waals surface area contributed by atoms with Crippen molar-refractivity contribution < 1.29 is 28.9 Å². The van der Waals surface area contributed by atoms with Crippen LogP contribution in [0.3, 0.4) is 0 Å². The number of benzene rings is 2. The van der Waals surface area contributed by atoms with E-state index >= 15 is 0 Å². The number of aromatic nitrogens is 1. The maximum atomic E-state index is 13.2. The van der Waals surface area contributed by atoms with Gasteiger partial charge in [-0.25, -0.2) is 0 Å². The van der Waals surface area contributed by atoms with Gasteiger partial charge in [-0.3, -0.25) is 14.6 Å². The lowest BCUT2D eigenvalue weighted by Gasteiger charge is -2.25. The first-order valence-corrected chi connectivity index (χ1v) is 10.5. The van der Waals surface area contributed by atoms with Crippen molar-refractivity contribution in [3.8, 4) is 17.2 Å². The number of nitrogens with zero attached hydrogens (tertiary/aromatic N) is 2. The van der Waals surface area contributed by atoms with Gasteiger partial charge in [0, 0.05) is 25.0 Å². The van der Waals surface area contributed by atoms with E-state index in [2.05, 4.69) is 4.98 Å². The smallest absolute Gasteiger partial charge is 0.295 e. The number of pyridine rings is 1. The molecule has 1 amide bonds. The van der Waals surface area contributed by atoms with Gasteiger partial charge in [-0.2, -0.15) is 0 Å². The highest BCUT2D eigenvalue weighted by molar-refractivity contribution is 6.46. The van der Waals surface area contributed by atoms with Gasteiger partial charge >= 0.3 is 0 Å². The number of aliphatic hydroxyl groups excluding tert-OH is 1. The van der Waals surface area contributed by atoms with E-state index in [9.17, 15) is 14.7 Å². The molecule has 1 unspecified atom stereocenters. The highest BCUT2D eigenvalue weighted by atomic mass is 16.5. The van der Waals surface area contributed by atoms with E-state index in [1.165, 1.54) is 19.1 Å². The van der Waals surface area contributed by atoms with E-state index < -0.39 is 17.7 Å². The number of ketones is 1. The lowest BCUT2D eigenvalue weighted by Crippen LogP contribution is -2.29. The standard InChI is InChI=1S/C26H24N2O6/c1-32-18-8-4-6-16(12-18)15-28-23(17-7-5-11-27-14-17)22(25(30)26(28)31)24(29)20-10-9-19(33-2)13-21(20)34-3/h4-14,23,29H,15H2,1-3H3/b24-22-. The third-order valence-corrected chi connectivity index (χ3v) is 5.69. The number of carbonyl (C=O) groups is 2. The van der Waals surface area contributed by atoms with E-state index in [1.807, 2.05) is 12.1 Å². The first-order chi connectivity index (χ1) is 16.5. The van der Waals surface area contributed by atoms with Crippen molar-refractivity contribution in [3.63, 3.8) is 0 Å². The zero-order valence-corrected chi connectivity index (χ0v) is 19.0. The first kappa shape index (κ1) is 22.8. The normalized spacial score (nSPS) is 17.0. The van der Waals surface area contributed by atoms with Crippen LogP contribution in [0.5, 0.6) is 17.2 Å². The Balaban J connectivity index is 1.86. The SMILES string of the molecule is COc1cccc(CN2C(=O)C(=O)/C(=C(\O)c3ccc(OC)cc3OC)C2c2cccnc2)c1. The van der Waals surface area contributed by atoms with E-state index in [4.69, 9.17) is 14.2 Å². The van der Waals surface area contributed by atoms with Gasteiger partial charge in [0.1, 0.15) is 23.0 Å². The number of rotatable bonds is 7. The van der Waals surface area contributed by atoms with Crippen LogP contribution in [-0.4, -0.2) is 48.0 Å². The van der Waals surface area contributed by atoms with Gasteiger partial charge in [0.15, 0.2) is 0 Å². The second kappa shape index (κ2) is 9.66. The fourth-order valence-corrected chi connectivity index (χ4v) is 4.03. The topological polar surface area (TPSA) is 98.2 Å². The molecule has 8 nitrogen and oxygen atoms in total. The number of likely N-dealkylation sites (tertiary alicyclic amines) is 1. The Bertz CT molecular complexity index is 1260. The van der Waals surface area contributed by atoms with Crippen molar-refractivity contribution >= 4 is 17.4 Å². The zero-order chi connectivity index (χ0) is 24.2. The van der Waals surface area contributed by atoms with E-state index in [1.54, 1.807) is 62.0 Å². The van der Waals surface area contributed by atoms with Gasteiger partial charge in [-0.1, -0.05) is 18.2 Å². The van der Waals surface area contributed by atoms with Crippen molar-refractivity contribution in [2.75, 3.05) is 21.3 Å². The molecule has 0 spiro atoms. The summed E-state index contributed by atoms with van der Waals surface area (Å²) >= 11 is 0. The summed E-state index contributed by atoms with van der Waals surface area (Å²) in [4.78, 5) is 32.0. The van der Waals surface area contributed by atoms with E-state index in [-0.39, 0.29) is 23.4 Å². The van der Waals surface area contributed by atoms with Crippen LogP contribution >= 0.6 is 0 Å². The van der Waals surface area contributed by atoms with Crippen molar-refractivity contribution in [2.24, 2.45) is 0 Å². The van der Waals surface area contributed by atoms with Crippen molar-refractivity contribution in [1.29, 1.82) is 0 Å². The molecule has 0 aliphatic carbocycles. The number of hydrogen-bond donors (Lipinski definition) is 1. The Morgan fingerprint density at radius 1 is 0.971 bits per heavy atom. The van der Waals surface area contributed by atoms with Crippen LogP contribution in [0, 0.1) is 0 Å². The fraction of sp³-hybridized carbons (Fsp3) is 0.192. The predicted molar refractivity (Wildman–Crippen MR) is 125 cm³/mol. The van der Waals surface area contributed by atoms with Crippen molar-refractivity contribution in [2.45, 2.75) is 12.6 Å². The molecule has 174 valence electrons. The molecule has 3 aromatic rings. The molecule has 0 radical (unpaired) electrons. The van der Waals surface area contributed by atoms with Gasteiger partial charge in [-0.15, -0.1) is 0 Å². The Labute approximate surface area is 197 Å². The lowest BCUT2D eigenvalue weighted by molar-refractivity contribution is -0.140. The van der Waals surface area contributed by atoms with Gasteiger partial charge in [0.25, 0.3) is 11.7 Å². The molecule has 1 aromatic heterocycles. The molecule has 34 heavy (non-hydrogen) atoms. The molecule has 4 rings (SSSR count). The molecule has 1 fully saturated rings. The largest absolute Gasteiger partial charge is 0.507 e. The van der Waals surface area contributed by atoms with Crippen LogP contribution in [0.2, 0.25) is 0 Å². The van der Waals surface area contributed by atoms with Crippen LogP contribution in [0.25, 0.3) is 5.76 Å². The number of aliphatic hydroxyl groups is 1. The Morgan fingerprint density at radius 2 is 1.74 bits per heavy atom. The molecule has 1 aliphatic rings. The van der Waals surface area contributed by atoms with Crippen LogP contribution < -0.4 is 14.2 Å². The maximum absolute atomic E-state index is 13.2. The summed E-state index contributed by atoms with van der Waals surface area (Å²) in [5.74, 6) is -0.371. The Hall–Kier alpha value is -4.33. The molecule has 2 aromatic carbocycles. The molecule has 0 saturated carbocycles. The van der Waals surface area contributed by atoms with Crippen LogP contribution in [0.1, 0.15) is 22.7 Å². The van der Waals surface area contributed by atoms with Crippen LogP contribution in [0.15, 0.2) is 72.6 Å². The summed E-state index contributed by atoms with van der Waals surface area (Å²) in [5.41, 5.74) is 1.61. The van der Waals surface area contributed by atoms with Gasteiger partial charge in [0.2, 0.25) is 0 Å². The molecule has 1 N–H and O–H groups in total. The number of Topliss-reactive ketones (excluding diaryl/α,β-unsaturated/α-hetero) is 1. The highest BCUT2D eigenvalue weighted by Crippen LogP contribution is 2.42. The molecule has 1 atom stereocenters. The number of carbonyl (C=O) groups excluding carboxylic acids is 2. The Kier molecular flexibility index (Phi) is 6.49. The highest BCUT2D eigenvalue weighted by Gasteiger charge is 2.46. The van der Waals surface area contributed by atoms with E-state index in [0.29, 0.717) is 22.8 Å². The third-order valence-electron chi connectivity index (χ3n) is 5.69. The first-order valence-electron chi connectivity index (χ1n) is 10.5. The number of methoxy groups -OCH3 is 3. The second-order valence-corrected chi connectivity index (χ2v) is 7.63. The van der Waals surface area contributed by atoms with Gasteiger partial charge < -0.3 is 24.2 Å². The van der Waals surface area contributed by atoms with Crippen molar-refractivity contribution in [3.05, 3.63) is 89.3 Å². The second-order valence-electron chi connectivity index (χ2n) is 7.63. The van der Waals surface area contributed by atoms with Crippen LogP contribution in [0.4, 0.5) is 0 Å². The van der Waals surface area contributed by atoms with Crippen molar-refractivity contribution in [1.82, 2.24) is 9.88 Å². The summed E-state index contributed by atoms with van der Waals surface area (Å²) in [6.45, 7) is 0.137. The molecular weight excluding hydrogens is 436 g/mol. The van der Waals surface area contributed by atoms with E-state index in [0.717, 1.165) is 5.56 Å². The summed E-state index contributed by atoms with van der Waals surface area (Å²) in [5, 5.41) is 11.3. The molecule has 0 bridgehead atoms. The summed E-state index contributed by atoms with van der Waals surface area (Å²) in [7, 11) is 4.52. The van der Waals surface area contributed by atoms with Crippen LogP contribution in [-0.2, 0) is 16.1 Å².